The minimum absolute atomic E-state index is 0.120. The standard InChI is InChI=1S/C15H19N3O/c1-10-8-16-9-11(2)18(10)15(19)13-5-3-4-12-6-7-17-14(12)13/h3-7,10-11,16-17H,8-9H2,1-2H3. The number of carbonyl (C=O) groups is 1. The molecule has 4 heteroatoms. The summed E-state index contributed by atoms with van der Waals surface area (Å²) in [4.78, 5) is 18.0. The van der Waals surface area contributed by atoms with Gasteiger partial charge in [0.05, 0.1) is 11.1 Å². The van der Waals surface area contributed by atoms with Crippen LogP contribution in [0.4, 0.5) is 0 Å². The molecule has 1 saturated heterocycles. The second-order valence-electron chi connectivity index (χ2n) is 5.32. The summed E-state index contributed by atoms with van der Waals surface area (Å²) in [6, 6.07) is 8.32. The number of para-hydroxylation sites is 1. The lowest BCUT2D eigenvalue weighted by atomic mass is 10.1. The number of hydrogen-bond acceptors (Lipinski definition) is 2. The smallest absolute Gasteiger partial charge is 0.256 e. The number of nitrogens with one attached hydrogen (secondary N) is 2. The zero-order chi connectivity index (χ0) is 13.4. The van der Waals surface area contributed by atoms with Crippen molar-refractivity contribution in [2.24, 2.45) is 0 Å². The Morgan fingerprint density at radius 2 is 1.95 bits per heavy atom. The van der Waals surface area contributed by atoms with E-state index in [1.165, 1.54) is 0 Å². The number of benzene rings is 1. The fourth-order valence-electron chi connectivity index (χ4n) is 2.93. The van der Waals surface area contributed by atoms with E-state index < -0.39 is 0 Å². The molecule has 0 aliphatic carbocycles. The molecule has 2 aromatic rings. The van der Waals surface area contributed by atoms with E-state index in [2.05, 4.69) is 24.1 Å². The molecule has 19 heavy (non-hydrogen) atoms. The van der Waals surface area contributed by atoms with Gasteiger partial charge < -0.3 is 15.2 Å². The summed E-state index contributed by atoms with van der Waals surface area (Å²) >= 11 is 0. The lowest BCUT2D eigenvalue weighted by molar-refractivity contribution is 0.0546. The number of fused-ring (bicyclic) bond motifs is 1. The van der Waals surface area contributed by atoms with Gasteiger partial charge in [0.1, 0.15) is 0 Å². The van der Waals surface area contributed by atoms with Crippen LogP contribution < -0.4 is 5.32 Å². The fraction of sp³-hybridized carbons (Fsp3) is 0.400. The quantitative estimate of drug-likeness (QED) is 0.821. The summed E-state index contributed by atoms with van der Waals surface area (Å²) < 4.78 is 0. The average molecular weight is 257 g/mol. The number of hydrogen-bond donors (Lipinski definition) is 2. The van der Waals surface area contributed by atoms with Gasteiger partial charge in [0.25, 0.3) is 5.91 Å². The summed E-state index contributed by atoms with van der Waals surface area (Å²) in [6.45, 7) is 5.90. The van der Waals surface area contributed by atoms with Crippen LogP contribution in [0.15, 0.2) is 30.5 Å². The van der Waals surface area contributed by atoms with Gasteiger partial charge in [-0.3, -0.25) is 4.79 Å². The van der Waals surface area contributed by atoms with Crippen molar-refractivity contribution in [3.05, 3.63) is 36.0 Å². The van der Waals surface area contributed by atoms with Crippen LogP contribution >= 0.6 is 0 Å². The first-order valence-corrected chi connectivity index (χ1v) is 6.78. The first-order valence-electron chi connectivity index (χ1n) is 6.78. The minimum atomic E-state index is 0.120. The van der Waals surface area contributed by atoms with Crippen LogP contribution in [-0.4, -0.2) is 41.0 Å². The van der Waals surface area contributed by atoms with Crippen molar-refractivity contribution in [3.63, 3.8) is 0 Å². The molecule has 2 N–H and O–H groups in total. The fourth-order valence-corrected chi connectivity index (χ4v) is 2.93. The van der Waals surface area contributed by atoms with Gasteiger partial charge in [0.15, 0.2) is 0 Å². The first kappa shape index (κ1) is 12.2. The second kappa shape index (κ2) is 4.70. The third-order valence-corrected chi connectivity index (χ3v) is 3.88. The molecule has 2 heterocycles. The second-order valence-corrected chi connectivity index (χ2v) is 5.32. The van der Waals surface area contributed by atoms with Crippen molar-refractivity contribution in [2.75, 3.05) is 13.1 Å². The van der Waals surface area contributed by atoms with Crippen molar-refractivity contribution in [1.29, 1.82) is 0 Å². The molecular formula is C15H19N3O. The molecule has 1 aromatic heterocycles. The Bertz CT molecular complexity index is 594. The molecule has 3 rings (SSSR count). The van der Waals surface area contributed by atoms with Gasteiger partial charge >= 0.3 is 0 Å². The first-order chi connectivity index (χ1) is 9.18. The van der Waals surface area contributed by atoms with E-state index in [-0.39, 0.29) is 18.0 Å². The topological polar surface area (TPSA) is 48.1 Å². The van der Waals surface area contributed by atoms with Crippen LogP contribution in [0, 0.1) is 0 Å². The normalized spacial score (nSPS) is 23.8. The number of carbonyl (C=O) groups excluding carboxylic acids is 1. The van der Waals surface area contributed by atoms with Gasteiger partial charge in [0, 0.05) is 36.8 Å². The van der Waals surface area contributed by atoms with Crippen molar-refractivity contribution in [2.45, 2.75) is 25.9 Å². The number of nitrogens with zero attached hydrogens (tertiary/aromatic N) is 1. The number of piperazine rings is 1. The molecule has 2 unspecified atom stereocenters. The van der Waals surface area contributed by atoms with Crippen LogP contribution in [0.25, 0.3) is 10.9 Å². The monoisotopic (exact) mass is 257 g/mol. The number of H-pyrrole nitrogens is 1. The van der Waals surface area contributed by atoms with Crippen molar-refractivity contribution in [3.8, 4) is 0 Å². The average Bonchev–Trinajstić information content (AvgIpc) is 2.86. The molecule has 0 bridgehead atoms. The molecule has 2 atom stereocenters. The zero-order valence-electron chi connectivity index (χ0n) is 11.3. The highest BCUT2D eigenvalue weighted by molar-refractivity contribution is 6.05. The molecule has 0 spiro atoms. The summed E-state index contributed by atoms with van der Waals surface area (Å²) in [5, 5.41) is 4.44. The molecular weight excluding hydrogens is 238 g/mol. The highest BCUT2D eigenvalue weighted by Gasteiger charge is 2.30. The molecule has 0 saturated carbocycles. The van der Waals surface area contributed by atoms with Crippen molar-refractivity contribution >= 4 is 16.8 Å². The Hall–Kier alpha value is -1.81. The van der Waals surface area contributed by atoms with Crippen LogP contribution in [0.1, 0.15) is 24.2 Å². The van der Waals surface area contributed by atoms with Gasteiger partial charge in [-0.1, -0.05) is 12.1 Å². The lowest BCUT2D eigenvalue weighted by Gasteiger charge is -2.39. The summed E-state index contributed by atoms with van der Waals surface area (Å²) in [5.74, 6) is 0.120. The Kier molecular flexibility index (Phi) is 3.03. The Balaban J connectivity index is 2.01. The van der Waals surface area contributed by atoms with Crippen molar-refractivity contribution in [1.82, 2.24) is 15.2 Å². The predicted molar refractivity (Wildman–Crippen MR) is 76.3 cm³/mol. The maximum atomic E-state index is 12.8. The SMILES string of the molecule is CC1CNCC(C)N1C(=O)c1cccc2cc[nH]c12. The molecule has 1 aliphatic rings. The number of amides is 1. The molecule has 1 aromatic carbocycles. The summed E-state index contributed by atoms with van der Waals surface area (Å²) in [5.41, 5.74) is 1.70. The number of rotatable bonds is 1. The minimum Gasteiger partial charge on any atom is -0.361 e. The third-order valence-electron chi connectivity index (χ3n) is 3.88. The molecule has 4 nitrogen and oxygen atoms in total. The summed E-state index contributed by atoms with van der Waals surface area (Å²) in [6.07, 6.45) is 1.88. The molecule has 1 aliphatic heterocycles. The van der Waals surface area contributed by atoms with Gasteiger partial charge in [0.2, 0.25) is 0 Å². The Morgan fingerprint density at radius 1 is 1.21 bits per heavy atom. The van der Waals surface area contributed by atoms with E-state index in [0.29, 0.717) is 0 Å². The van der Waals surface area contributed by atoms with Crippen LogP contribution in [0.5, 0.6) is 0 Å². The van der Waals surface area contributed by atoms with Gasteiger partial charge in [-0.15, -0.1) is 0 Å². The van der Waals surface area contributed by atoms with Gasteiger partial charge in [-0.25, -0.2) is 0 Å². The van der Waals surface area contributed by atoms with E-state index in [0.717, 1.165) is 29.6 Å². The highest BCUT2D eigenvalue weighted by atomic mass is 16.2. The molecule has 0 radical (unpaired) electrons. The van der Waals surface area contributed by atoms with E-state index >= 15 is 0 Å². The molecule has 1 amide bonds. The third kappa shape index (κ3) is 2.02. The molecule has 100 valence electrons. The van der Waals surface area contributed by atoms with E-state index in [4.69, 9.17) is 0 Å². The highest BCUT2D eigenvalue weighted by Crippen LogP contribution is 2.21. The number of aromatic nitrogens is 1. The zero-order valence-corrected chi connectivity index (χ0v) is 11.3. The van der Waals surface area contributed by atoms with Crippen LogP contribution in [0.2, 0.25) is 0 Å². The predicted octanol–water partition coefficient (Wildman–Crippen LogP) is 1.99. The summed E-state index contributed by atoms with van der Waals surface area (Å²) in [7, 11) is 0. The Morgan fingerprint density at radius 3 is 2.68 bits per heavy atom. The maximum absolute atomic E-state index is 12.8. The van der Waals surface area contributed by atoms with Gasteiger partial charge in [-0.2, -0.15) is 0 Å². The number of aromatic amines is 1. The van der Waals surface area contributed by atoms with Crippen LogP contribution in [-0.2, 0) is 0 Å². The van der Waals surface area contributed by atoms with E-state index in [1.807, 2.05) is 35.4 Å². The van der Waals surface area contributed by atoms with Gasteiger partial charge in [-0.05, 0) is 26.0 Å². The van der Waals surface area contributed by atoms with E-state index in [1.54, 1.807) is 0 Å². The van der Waals surface area contributed by atoms with Crippen molar-refractivity contribution < 1.29 is 4.79 Å². The van der Waals surface area contributed by atoms with Crippen LogP contribution in [0.3, 0.4) is 0 Å². The lowest BCUT2D eigenvalue weighted by Crippen LogP contribution is -2.57. The Labute approximate surface area is 112 Å². The molecule has 1 fully saturated rings. The largest absolute Gasteiger partial charge is 0.361 e. The maximum Gasteiger partial charge on any atom is 0.256 e. The van der Waals surface area contributed by atoms with E-state index in [9.17, 15) is 4.79 Å².